The number of anilines is 1. The molecule has 2 aromatic rings. The zero-order valence-corrected chi connectivity index (χ0v) is 13.3. The predicted molar refractivity (Wildman–Crippen MR) is 83.5 cm³/mol. The summed E-state index contributed by atoms with van der Waals surface area (Å²) in [7, 11) is 1.70. The van der Waals surface area contributed by atoms with E-state index in [0.29, 0.717) is 22.9 Å². The average Bonchev–Trinajstić information content (AvgIpc) is 3.14. The van der Waals surface area contributed by atoms with Crippen LogP contribution in [-0.4, -0.2) is 28.3 Å². The number of thiophene rings is 1. The highest BCUT2D eigenvalue weighted by molar-refractivity contribution is 7.17. The highest BCUT2D eigenvalue weighted by Crippen LogP contribution is 2.39. The van der Waals surface area contributed by atoms with E-state index in [2.05, 4.69) is 10.4 Å². The Morgan fingerprint density at radius 2 is 2.27 bits per heavy atom. The molecule has 0 saturated heterocycles. The molecule has 0 fully saturated rings. The molecule has 0 atom stereocenters. The van der Waals surface area contributed by atoms with Gasteiger partial charge in [0.2, 0.25) is 0 Å². The Labute approximate surface area is 132 Å². The van der Waals surface area contributed by atoms with Gasteiger partial charge < -0.3 is 10.1 Å². The van der Waals surface area contributed by atoms with E-state index in [1.807, 2.05) is 0 Å². The normalized spacial score (nSPS) is 13.0. The second-order valence-corrected chi connectivity index (χ2v) is 6.18. The van der Waals surface area contributed by atoms with Gasteiger partial charge in [-0.3, -0.25) is 9.48 Å². The molecule has 7 heteroatoms. The van der Waals surface area contributed by atoms with Gasteiger partial charge in [0.1, 0.15) is 10.7 Å². The van der Waals surface area contributed by atoms with Crippen LogP contribution in [-0.2, 0) is 24.6 Å². The Bertz CT molecular complexity index is 732. The minimum absolute atomic E-state index is 0.273. The van der Waals surface area contributed by atoms with Gasteiger partial charge in [-0.2, -0.15) is 5.10 Å². The van der Waals surface area contributed by atoms with Gasteiger partial charge >= 0.3 is 5.97 Å². The molecule has 22 heavy (non-hydrogen) atoms. The number of aromatic nitrogens is 2. The fourth-order valence-corrected chi connectivity index (χ4v) is 3.95. The summed E-state index contributed by atoms with van der Waals surface area (Å²) in [6, 6.07) is 1.64. The van der Waals surface area contributed by atoms with Crippen molar-refractivity contribution in [1.29, 1.82) is 0 Å². The first-order valence-corrected chi connectivity index (χ1v) is 8.04. The number of carbonyl (C=O) groups is 2. The summed E-state index contributed by atoms with van der Waals surface area (Å²) >= 11 is 1.47. The van der Waals surface area contributed by atoms with Gasteiger partial charge in [-0.25, -0.2) is 4.79 Å². The van der Waals surface area contributed by atoms with Crippen molar-refractivity contribution in [3.8, 4) is 0 Å². The molecular formula is C15H17N3O3S. The highest BCUT2D eigenvalue weighted by Gasteiger charge is 2.28. The number of carbonyl (C=O) groups excluding carboxylic acids is 2. The second-order valence-electron chi connectivity index (χ2n) is 5.08. The highest BCUT2D eigenvalue weighted by atomic mass is 32.1. The third-order valence-corrected chi connectivity index (χ3v) is 4.89. The molecule has 1 aliphatic carbocycles. The Morgan fingerprint density at radius 3 is 2.95 bits per heavy atom. The van der Waals surface area contributed by atoms with Crippen LogP contribution in [0.15, 0.2) is 12.3 Å². The summed E-state index contributed by atoms with van der Waals surface area (Å²) in [5.41, 5.74) is 2.00. The lowest BCUT2D eigenvalue weighted by molar-refractivity contribution is 0.0527. The van der Waals surface area contributed by atoms with Crippen molar-refractivity contribution in [1.82, 2.24) is 9.78 Å². The van der Waals surface area contributed by atoms with Crippen LogP contribution in [0.3, 0.4) is 0 Å². The van der Waals surface area contributed by atoms with Crippen molar-refractivity contribution in [3.05, 3.63) is 34.0 Å². The Kier molecular flexibility index (Phi) is 3.98. The molecule has 6 nitrogen and oxygen atoms in total. The molecule has 1 amide bonds. The van der Waals surface area contributed by atoms with Crippen LogP contribution in [0, 0.1) is 0 Å². The molecule has 0 unspecified atom stereocenters. The van der Waals surface area contributed by atoms with Crippen molar-refractivity contribution < 1.29 is 14.3 Å². The number of aryl methyl sites for hydroxylation is 2. The van der Waals surface area contributed by atoms with E-state index in [1.165, 1.54) is 20.9 Å². The van der Waals surface area contributed by atoms with Gasteiger partial charge in [0.25, 0.3) is 5.91 Å². The molecule has 2 aromatic heterocycles. The molecule has 0 spiro atoms. The standard InChI is InChI=1S/C15H17N3O3S/c1-3-21-15(20)12-9-5-4-6-11(9)22-14(12)17-13(19)10-7-8-16-18(10)2/h7-8H,3-6H2,1-2H3,(H,17,19). The molecule has 1 N–H and O–H groups in total. The number of amides is 1. The van der Waals surface area contributed by atoms with E-state index in [4.69, 9.17) is 4.74 Å². The van der Waals surface area contributed by atoms with Crippen molar-refractivity contribution in [2.45, 2.75) is 26.2 Å². The molecule has 0 radical (unpaired) electrons. The molecule has 2 heterocycles. The maximum atomic E-state index is 12.3. The van der Waals surface area contributed by atoms with Crippen molar-refractivity contribution in [3.63, 3.8) is 0 Å². The van der Waals surface area contributed by atoms with Crippen LogP contribution in [0.25, 0.3) is 0 Å². The largest absolute Gasteiger partial charge is 0.462 e. The molecule has 0 saturated carbocycles. The molecule has 3 rings (SSSR count). The number of hydrogen-bond acceptors (Lipinski definition) is 5. The molecule has 0 aromatic carbocycles. The third kappa shape index (κ3) is 2.52. The van der Waals surface area contributed by atoms with Gasteiger partial charge in [0.15, 0.2) is 0 Å². The predicted octanol–water partition coefficient (Wildman–Crippen LogP) is 2.40. The number of esters is 1. The number of rotatable bonds is 4. The quantitative estimate of drug-likeness (QED) is 0.878. The van der Waals surface area contributed by atoms with Gasteiger partial charge in [0, 0.05) is 18.1 Å². The van der Waals surface area contributed by atoms with Gasteiger partial charge in [-0.15, -0.1) is 11.3 Å². The summed E-state index contributed by atoms with van der Waals surface area (Å²) in [6.45, 7) is 2.09. The second kappa shape index (κ2) is 5.92. The number of hydrogen-bond donors (Lipinski definition) is 1. The van der Waals surface area contributed by atoms with Crippen LogP contribution in [0.5, 0.6) is 0 Å². The summed E-state index contributed by atoms with van der Waals surface area (Å²) in [5, 5.41) is 7.40. The summed E-state index contributed by atoms with van der Waals surface area (Å²) in [6.07, 6.45) is 4.43. The number of nitrogens with zero attached hydrogens (tertiary/aromatic N) is 2. The van der Waals surface area contributed by atoms with Gasteiger partial charge in [0.05, 0.1) is 12.2 Å². The zero-order valence-electron chi connectivity index (χ0n) is 12.5. The van der Waals surface area contributed by atoms with Crippen molar-refractivity contribution >= 4 is 28.2 Å². The van der Waals surface area contributed by atoms with Gasteiger partial charge in [-0.1, -0.05) is 0 Å². The van der Waals surface area contributed by atoms with E-state index >= 15 is 0 Å². The minimum Gasteiger partial charge on any atom is -0.462 e. The van der Waals surface area contributed by atoms with Crippen LogP contribution in [0.4, 0.5) is 5.00 Å². The Hall–Kier alpha value is -2.15. The molecule has 1 aliphatic rings. The smallest absolute Gasteiger partial charge is 0.341 e. The summed E-state index contributed by atoms with van der Waals surface area (Å²) in [5.74, 6) is -0.632. The fourth-order valence-electron chi connectivity index (χ4n) is 2.68. The number of fused-ring (bicyclic) bond motifs is 1. The van der Waals surface area contributed by atoms with Crippen LogP contribution in [0.2, 0.25) is 0 Å². The van der Waals surface area contributed by atoms with Crippen molar-refractivity contribution in [2.24, 2.45) is 7.05 Å². The first-order valence-electron chi connectivity index (χ1n) is 7.22. The topological polar surface area (TPSA) is 73.2 Å². The van der Waals surface area contributed by atoms with E-state index in [-0.39, 0.29) is 11.9 Å². The van der Waals surface area contributed by atoms with Gasteiger partial charge in [-0.05, 0) is 37.8 Å². The maximum Gasteiger partial charge on any atom is 0.341 e. The lowest BCUT2D eigenvalue weighted by atomic mass is 10.1. The monoisotopic (exact) mass is 319 g/mol. The van der Waals surface area contributed by atoms with Crippen LogP contribution >= 0.6 is 11.3 Å². The van der Waals surface area contributed by atoms with E-state index < -0.39 is 0 Å². The lowest BCUT2D eigenvalue weighted by Crippen LogP contribution is -2.18. The lowest BCUT2D eigenvalue weighted by Gasteiger charge is -2.08. The average molecular weight is 319 g/mol. The molecule has 0 bridgehead atoms. The summed E-state index contributed by atoms with van der Waals surface area (Å²) in [4.78, 5) is 25.7. The Morgan fingerprint density at radius 1 is 1.45 bits per heavy atom. The first kappa shape index (κ1) is 14.8. The molecule has 0 aliphatic heterocycles. The van der Waals surface area contributed by atoms with Crippen LogP contribution < -0.4 is 5.32 Å². The number of ether oxygens (including phenoxy) is 1. The zero-order chi connectivity index (χ0) is 15.7. The molecular weight excluding hydrogens is 302 g/mol. The van der Waals surface area contributed by atoms with E-state index in [0.717, 1.165) is 24.8 Å². The van der Waals surface area contributed by atoms with E-state index in [1.54, 1.807) is 26.2 Å². The first-order chi connectivity index (χ1) is 10.6. The molecule has 116 valence electrons. The number of nitrogens with one attached hydrogen (secondary N) is 1. The third-order valence-electron chi connectivity index (χ3n) is 3.68. The maximum absolute atomic E-state index is 12.3. The fraction of sp³-hybridized carbons (Fsp3) is 0.400. The van der Waals surface area contributed by atoms with E-state index in [9.17, 15) is 9.59 Å². The SMILES string of the molecule is CCOC(=O)c1c(NC(=O)c2ccnn2C)sc2c1CCC2. The minimum atomic E-state index is -0.359. The summed E-state index contributed by atoms with van der Waals surface area (Å²) < 4.78 is 6.65. The Balaban J connectivity index is 1.92. The van der Waals surface area contributed by atoms with Crippen molar-refractivity contribution in [2.75, 3.05) is 11.9 Å². The van der Waals surface area contributed by atoms with Crippen LogP contribution in [0.1, 0.15) is 44.6 Å².